The monoisotopic (exact) mass is 208 g/mol. The van der Waals surface area contributed by atoms with E-state index in [1.807, 2.05) is 12.3 Å². The molecule has 14 heavy (non-hydrogen) atoms. The third-order valence-corrected chi connectivity index (χ3v) is 2.59. The van der Waals surface area contributed by atoms with Gasteiger partial charge in [0.25, 0.3) is 0 Å². The molecule has 1 heterocycles. The molecule has 0 atom stereocenters. The Bertz CT molecular complexity index is 422. The van der Waals surface area contributed by atoms with Gasteiger partial charge in [-0.3, -0.25) is 0 Å². The van der Waals surface area contributed by atoms with Crippen LogP contribution in [0.2, 0.25) is 0 Å². The molecular formula is C10H9FN2S. The third kappa shape index (κ3) is 2.09. The number of halogens is 1. The van der Waals surface area contributed by atoms with E-state index in [4.69, 9.17) is 0 Å². The summed E-state index contributed by atoms with van der Waals surface area (Å²) < 4.78 is 12.6. The van der Waals surface area contributed by atoms with Gasteiger partial charge in [0.1, 0.15) is 5.82 Å². The van der Waals surface area contributed by atoms with Crippen molar-refractivity contribution in [1.29, 1.82) is 0 Å². The first-order valence-electron chi connectivity index (χ1n) is 4.19. The van der Waals surface area contributed by atoms with Crippen LogP contribution in [0.4, 0.5) is 15.2 Å². The second-order valence-corrected chi connectivity index (χ2v) is 3.78. The summed E-state index contributed by atoms with van der Waals surface area (Å²) >= 11 is 1.53. The maximum atomic E-state index is 12.6. The number of nitrogens with zero attached hydrogens (tertiary/aromatic N) is 1. The van der Waals surface area contributed by atoms with E-state index in [-0.39, 0.29) is 5.82 Å². The second-order valence-electron chi connectivity index (χ2n) is 2.93. The van der Waals surface area contributed by atoms with E-state index in [1.54, 1.807) is 12.1 Å². The molecule has 2 rings (SSSR count). The topological polar surface area (TPSA) is 24.9 Å². The van der Waals surface area contributed by atoms with Crippen molar-refractivity contribution < 1.29 is 4.39 Å². The molecule has 72 valence electrons. The number of thiazole rings is 1. The summed E-state index contributed by atoms with van der Waals surface area (Å²) in [4.78, 5) is 4.24. The number of benzene rings is 1. The van der Waals surface area contributed by atoms with Crippen LogP contribution in [0.1, 0.15) is 5.69 Å². The molecule has 0 unspecified atom stereocenters. The lowest BCUT2D eigenvalue weighted by Crippen LogP contribution is -1.89. The Hall–Kier alpha value is -1.42. The van der Waals surface area contributed by atoms with Crippen molar-refractivity contribution in [2.45, 2.75) is 6.92 Å². The molecule has 2 nitrogen and oxygen atoms in total. The number of nitrogens with one attached hydrogen (secondary N) is 1. The van der Waals surface area contributed by atoms with E-state index in [2.05, 4.69) is 10.3 Å². The predicted octanol–water partition coefficient (Wildman–Crippen LogP) is 3.33. The molecular weight excluding hydrogens is 199 g/mol. The second kappa shape index (κ2) is 3.75. The van der Waals surface area contributed by atoms with Crippen LogP contribution in [0, 0.1) is 12.7 Å². The number of aryl methyl sites for hydroxylation is 1. The summed E-state index contributed by atoms with van der Waals surface area (Å²) in [7, 11) is 0. The Balaban J connectivity index is 2.15. The highest BCUT2D eigenvalue weighted by molar-refractivity contribution is 7.13. The van der Waals surface area contributed by atoms with Gasteiger partial charge in [-0.05, 0) is 31.2 Å². The number of rotatable bonds is 2. The summed E-state index contributed by atoms with van der Waals surface area (Å²) in [5.41, 5.74) is 1.83. The average molecular weight is 208 g/mol. The van der Waals surface area contributed by atoms with Crippen molar-refractivity contribution in [1.82, 2.24) is 4.98 Å². The van der Waals surface area contributed by atoms with Crippen molar-refractivity contribution >= 4 is 22.2 Å². The molecule has 0 saturated heterocycles. The zero-order chi connectivity index (χ0) is 9.97. The van der Waals surface area contributed by atoms with E-state index in [9.17, 15) is 4.39 Å². The van der Waals surface area contributed by atoms with E-state index >= 15 is 0 Å². The minimum absolute atomic E-state index is 0.231. The molecule has 0 radical (unpaired) electrons. The zero-order valence-corrected chi connectivity index (χ0v) is 8.44. The summed E-state index contributed by atoms with van der Waals surface area (Å²) in [5.74, 6) is -0.231. The van der Waals surface area contributed by atoms with E-state index in [1.165, 1.54) is 23.5 Å². The highest BCUT2D eigenvalue weighted by Gasteiger charge is 1.98. The van der Waals surface area contributed by atoms with E-state index in [0.29, 0.717) is 0 Å². The first-order valence-corrected chi connectivity index (χ1v) is 5.07. The molecule has 0 aliphatic carbocycles. The summed E-state index contributed by atoms with van der Waals surface area (Å²) in [5, 5.41) is 5.88. The fraction of sp³-hybridized carbons (Fsp3) is 0.100. The van der Waals surface area contributed by atoms with Gasteiger partial charge < -0.3 is 5.32 Å². The van der Waals surface area contributed by atoms with Crippen LogP contribution in [0.25, 0.3) is 0 Å². The van der Waals surface area contributed by atoms with Crippen molar-refractivity contribution in [2.24, 2.45) is 0 Å². The zero-order valence-electron chi connectivity index (χ0n) is 7.62. The van der Waals surface area contributed by atoms with Crippen LogP contribution >= 0.6 is 11.3 Å². The molecule has 0 spiro atoms. The maximum Gasteiger partial charge on any atom is 0.187 e. The normalized spacial score (nSPS) is 10.1. The van der Waals surface area contributed by atoms with Gasteiger partial charge in [-0.25, -0.2) is 9.37 Å². The van der Waals surface area contributed by atoms with Crippen molar-refractivity contribution in [3.63, 3.8) is 0 Å². The predicted molar refractivity (Wildman–Crippen MR) is 56.5 cm³/mol. The Labute approximate surface area is 85.4 Å². The molecule has 2 aromatic rings. The molecule has 1 aromatic carbocycles. The number of anilines is 2. The largest absolute Gasteiger partial charge is 0.332 e. The van der Waals surface area contributed by atoms with Gasteiger partial charge in [0.2, 0.25) is 0 Å². The van der Waals surface area contributed by atoms with Crippen LogP contribution in [-0.4, -0.2) is 4.98 Å². The summed E-state index contributed by atoms with van der Waals surface area (Å²) in [6.45, 7) is 1.94. The van der Waals surface area contributed by atoms with Crippen LogP contribution < -0.4 is 5.32 Å². The van der Waals surface area contributed by atoms with Crippen LogP contribution in [0.15, 0.2) is 29.6 Å². The Morgan fingerprint density at radius 3 is 2.57 bits per heavy atom. The molecule has 1 N–H and O–H groups in total. The summed E-state index contributed by atoms with van der Waals surface area (Å²) in [6, 6.07) is 6.21. The number of hydrogen-bond acceptors (Lipinski definition) is 3. The van der Waals surface area contributed by atoms with Gasteiger partial charge >= 0.3 is 0 Å². The molecule has 4 heteroatoms. The highest BCUT2D eigenvalue weighted by atomic mass is 32.1. The fourth-order valence-electron chi connectivity index (χ4n) is 1.07. The molecule has 0 bridgehead atoms. The van der Waals surface area contributed by atoms with Gasteiger partial charge in [0.15, 0.2) is 5.13 Å². The van der Waals surface area contributed by atoms with E-state index in [0.717, 1.165) is 16.5 Å². The molecule has 1 aromatic heterocycles. The van der Waals surface area contributed by atoms with Crippen LogP contribution in [0.3, 0.4) is 0 Å². The van der Waals surface area contributed by atoms with Gasteiger partial charge in [0, 0.05) is 11.1 Å². The Morgan fingerprint density at radius 2 is 2.00 bits per heavy atom. The molecule has 0 amide bonds. The summed E-state index contributed by atoms with van der Waals surface area (Å²) in [6.07, 6.45) is 0. The SMILES string of the molecule is Cc1csc(Nc2ccc(F)cc2)n1. The molecule has 0 fully saturated rings. The quantitative estimate of drug-likeness (QED) is 0.818. The number of aromatic nitrogens is 1. The smallest absolute Gasteiger partial charge is 0.187 e. The lowest BCUT2D eigenvalue weighted by molar-refractivity contribution is 0.628. The fourth-order valence-corrected chi connectivity index (χ4v) is 1.78. The van der Waals surface area contributed by atoms with Gasteiger partial charge in [-0.1, -0.05) is 0 Å². The first kappa shape index (κ1) is 9.15. The van der Waals surface area contributed by atoms with E-state index < -0.39 is 0 Å². The van der Waals surface area contributed by atoms with Crippen molar-refractivity contribution in [3.8, 4) is 0 Å². The lowest BCUT2D eigenvalue weighted by Gasteiger charge is -2.00. The Kier molecular flexibility index (Phi) is 2.45. The van der Waals surface area contributed by atoms with Gasteiger partial charge in [-0.15, -0.1) is 11.3 Å². The molecule has 0 aliphatic rings. The van der Waals surface area contributed by atoms with Crippen molar-refractivity contribution in [3.05, 3.63) is 41.2 Å². The third-order valence-electron chi connectivity index (χ3n) is 1.71. The molecule has 0 aliphatic heterocycles. The van der Waals surface area contributed by atoms with Crippen molar-refractivity contribution in [2.75, 3.05) is 5.32 Å². The maximum absolute atomic E-state index is 12.6. The minimum Gasteiger partial charge on any atom is -0.332 e. The highest BCUT2D eigenvalue weighted by Crippen LogP contribution is 2.20. The first-order chi connectivity index (χ1) is 6.74. The lowest BCUT2D eigenvalue weighted by atomic mass is 10.3. The Morgan fingerprint density at radius 1 is 1.29 bits per heavy atom. The average Bonchev–Trinajstić information content (AvgIpc) is 2.56. The minimum atomic E-state index is -0.231. The number of hydrogen-bond donors (Lipinski definition) is 1. The molecule has 0 saturated carbocycles. The van der Waals surface area contributed by atoms with Crippen LogP contribution in [0.5, 0.6) is 0 Å². The standard InChI is InChI=1S/C10H9FN2S/c1-7-6-14-10(12-7)13-9-4-2-8(11)3-5-9/h2-6H,1H3,(H,12,13). The van der Waals surface area contributed by atoms with Crippen LogP contribution in [-0.2, 0) is 0 Å². The van der Waals surface area contributed by atoms with Gasteiger partial charge in [0.05, 0.1) is 5.69 Å². The van der Waals surface area contributed by atoms with Gasteiger partial charge in [-0.2, -0.15) is 0 Å².